The van der Waals surface area contributed by atoms with Crippen LogP contribution in [0, 0.1) is 0 Å². The number of benzene rings is 2. The lowest BCUT2D eigenvalue weighted by Crippen LogP contribution is -2.29. The lowest BCUT2D eigenvalue weighted by molar-refractivity contribution is -0.140. The summed E-state index contributed by atoms with van der Waals surface area (Å²) in [5.74, 6) is -0.384. The van der Waals surface area contributed by atoms with Gasteiger partial charge in [0.2, 0.25) is 0 Å². The summed E-state index contributed by atoms with van der Waals surface area (Å²) >= 11 is 0. The van der Waals surface area contributed by atoms with Crippen LogP contribution in [0.25, 0.3) is 5.76 Å². The van der Waals surface area contributed by atoms with Crippen LogP contribution in [0.5, 0.6) is 11.5 Å². The number of hydrogen-bond donors (Lipinski definition) is 1. The van der Waals surface area contributed by atoms with Crippen LogP contribution in [-0.2, 0) is 16.1 Å². The predicted octanol–water partition coefficient (Wildman–Crippen LogP) is 4.67. The van der Waals surface area contributed by atoms with E-state index in [-0.39, 0.29) is 17.9 Å². The zero-order chi connectivity index (χ0) is 24.8. The molecule has 1 N–H and O–H groups in total. The Morgan fingerprint density at radius 3 is 2.37 bits per heavy atom. The van der Waals surface area contributed by atoms with Crippen molar-refractivity contribution in [1.82, 2.24) is 9.88 Å². The van der Waals surface area contributed by atoms with Crippen LogP contribution >= 0.6 is 0 Å². The summed E-state index contributed by atoms with van der Waals surface area (Å²) in [6.07, 6.45) is 4.94. The van der Waals surface area contributed by atoms with E-state index in [0.29, 0.717) is 35.8 Å². The van der Waals surface area contributed by atoms with Crippen molar-refractivity contribution in [3.8, 4) is 11.5 Å². The number of ketones is 1. The number of carbonyl (C=O) groups excluding carboxylic acids is 2. The predicted molar refractivity (Wildman–Crippen MR) is 132 cm³/mol. The minimum atomic E-state index is -0.782. The number of nitrogens with zero attached hydrogens (tertiary/aromatic N) is 2. The van der Waals surface area contributed by atoms with E-state index in [1.54, 1.807) is 73.1 Å². The first-order valence-corrected chi connectivity index (χ1v) is 11.3. The van der Waals surface area contributed by atoms with Crippen molar-refractivity contribution in [2.24, 2.45) is 0 Å². The van der Waals surface area contributed by atoms with Gasteiger partial charge in [0.25, 0.3) is 11.7 Å². The highest BCUT2D eigenvalue weighted by atomic mass is 16.5. The third-order valence-electron chi connectivity index (χ3n) is 5.62. The van der Waals surface area contributed by atoms with E-state index in [2.05, 4.69) is 11.6 Å². The van der Waals surface area contributed by atoms with Gasteiger partial charge in [0, 0.05) is 24.5 Å². The molecule has 1 unspecified atom stereocenters. The Kier molecular flexibility index (Phi) is 7.26. The number of carbonyl (C=O) groups is 2. The van der Waals surface area contributed by atoms with Crippen LogP contribution in [0.15, 0.2) is 91.3 Å². The van der Waals surface area contributed by atoms with Gasteiger partial charge in [-0.1, -0.05) is 30.9 Å². The molecule has 2 heterocycles. The van der Waals surface area contributed by atoms with Gasteiger partial charge >= 0.3 is 0 Å². The van der Waals surface area contributed by atoms with E-state index < -0.39 is 17.7 Å². The fourth-order valence-corrected chi connectivity index (χ4v) is 4.01. The Labute approximate surface area is 203 Å². The van der Waals surface area contributed by atoms with Gasteiger partial charge in [-0.25, -0.2) is 0 Å². The Morgan fingerprint density at radius 1 is 1.06 bits per heavy atom. The standard InChI is InChI=1S/C28H26N2O5/c1-3-16-35-23-11-7-20(8-12-23)25-24(26(31)21-9-13-22(14-10-21)34-4-2)27(32)28(33)30(25)18-19-6-5-15-29-17-19/h3,5-15,17,25,31H,1,4,16,18H2,2H3/b26-24+. The van der Waals surface area contributed by atoms with Crippen LogP contribution in [0.3, 0.4) is 0 Å². The van der Waals surface area contributed by atoms with E-state index in [0.717, 1.165) is 5.56 Å². The maximum atomic E-state index is 13.2. The highest BCUT2D eigenvalue weighted by Gasteiger charge is 2.46. The molecule has 0 aliphatic carbocycles. The van der Waals surface area contributed by atoms with Gasteiger partial charge < -0.3 is 19.5 Å². The first kappa shape index (κ1) is 23.8. The van der Waals surface area contributed by atoms with Gasteiger partial charge in [-0.3, -0.25) is 14.6 Å². The van der Waals surface area contributed by atoms with E-state index in [4.69, 9.17) is 9.47 Å². The largest absolute Gasteiger partial charge is 0.507 e. The summed E-state index contributed by atoms with van der Waals surface area (Å²) in [6, 6.07) is 16.7. The quantitative estimate of drug-likeness (QED) is 0.212. The molecule has 4 rings (SSSR count). The molecule has 1 aliphatic heterocycles. The molecule has 1 amide bonds. The Bertz CT molecular complexity index is 1230. The van der Waals surface area contributed by atoms with Crippen LogP contribution in [0.1, 0.15) is 29.7 Å². The molecule has 0 bridgehead atoms. The van der Waals surface area contributed by atoms with Gasteiger partial charge in [-0.15, -0.1) is 0 Å². The number of likely N-dealkylation sites (tertiary alicyclic amines) is 1. The van der Waals surface area contributed by atoms with E-state index in [1.807, 2.05) is 13.0 Å². The van der Waals surface area contributed by atoms with Crippen molar-refractivity contribution in [3.05, 3.63) is 108 Å². The molecule has 1 atom stereocenters. The average Bonchev–Trinajstić information content (AvgIpc) is 3.13. The molecule has 178 valence electrons. The zero-order valence-electron chi connectivity index (χ0n) is 19.4. The number of aliphatic hydroxyl groups is 1. The number of amides is 1. The number of ether oxygens (including phenoxy) is 2. The highest BCUT2D eigenvalue weighted by Crippen LogP contribution is 2.40. The molecular weight excluding hydrogens is 444 g/mol. The molecule has 0 saturated carbocycles. The first-order chi connectivity index (χ1) is 17.0. The van der Waals surface area contributed by atoms with Crippen molar-refractivity contribution in [3.63, 3.8) is 0 Å². The summed E-state index contributed by atoms with van der Waals surface area (Å²) in [4.78, 5) is 31.9. The summed E-state index contributed by atoms with van der Waals surface area (Å²) in [5, 5.41) is 11.2. The van der Waals surface area contributed by atoms with E-state index in [9.17, 15) is 14.7 Å². The van der Waals surface area contributed by atoms with Crippen LogP contribution in [-0.4, -0.2) is 39.9 Å². The molecule has 2 aromatic carbocycles. The van der Waals surface area contributed by atoms with Crippen LogP contribution in [0.2, 0.25) is 0 Å². The summed E-state index contributed by atoms with van der Waals surface area (Å²) in [7, 11) is 0. The lowest BCUT2D eigenvalue weighted by atomic mass is 9.95. The Balaban J connectivity index is 1.78. The number of pyridine rings is 1. The van der Waals surface area contributed by atoms with Gasteiger partial charge in [0.05, 0.1) is 18.2 Å². The monoisotopic (exact) mass is 470 g/mol. The number of aromatic nitrogens is 1. The Hall–Kier alpha value is -4.39. The molecule has 1 saturated heterocycles. The number of aliphatic hydroxyl groups excluding tert-OH is 1. The number of hydrogen-bond acceptors (Lipinski definition) is 6. The molecule has 3 aromatic rings. The highest BCUT2D eigenvalue weighted by molar-refractivity contribution is 6.46. The smallest absolute Gasteiger partial charge is 0.295 e. The van der Waals surface area contributed by atoms with E-state index in [1.165, 1.54) is 4.90 Å². The first-order valence-electron chi connectivity index (χ1n) is 11.3. The van der Waals surface area contributed by atoms with Gasteiger partial charge in [-0.2, -0.15) is 0 Å². The molecule has 0 radical (unpaired) electrons. The maximum Gasteiger partial charge on any atom is 0.295 e. The van der Waals surface area contributed by atoms with Crippen LogP contribution in [0.4, 0.5) is 0 Å². The normalized spacial score (nSPS) is 16.8. The molecular formula is C28H26N2O5. The SMILES string of the molecule is C=CCOc1ccc(C2/C(=C(\O)c3ccc(OCC)cc3)C(=O)C(=O)N2Cc2cccnc2)cc1. The minimum absolute atomic E-state index is 0.0304. The second-order valence-corrected chi connectivity index (χ2v) is 7.91. The Morgan fingerprint density at radius 2 is 1.74 bits per heavy atom. The summed E-state index contributed by atoms with van der Waals surface area (Å²) in [6.45, 7) is 6.56. The zero-order valence-corrected chi connectivity index (χ0v) is 19.4. The second-order valence-electron chi connectivity index (χ2n) is 7.91. The fourth-order valence-electron chi connectivity index (χ4n) is 4.01. The molecule has 0 spiro atoms. The van der Waals surface area contributed by atoms with Crippen LogP contribution < -0.4 is 9.47 Å². The molecule has 35 heavy (non-hydrogen) atoms. The maximum absolute atomic E-state index is 13.2. The molecule has 1 fully saturated rings. The van der Waals surface area contributed by atoms with Gasteiger partial charge in [-0.05, 0) is 60.5 Å². The third-order valence-corrected chi connectivity index (χ3v) is 5.62. The summed E-state index contributed by atoms with van der Waals surface area (Å²) in [5.41, 5.74) is 1.89. The van der Waals surface area contributed by atoms with Gasteiger partial charge in [0.1, 0.15) is 23.9 Å². The van der Waals surface area contributed by atoms with E-state index >= 15 is 0 Å². The fraction of sp³-hybridized carbons (Fsp3) is 0.179. The second kappa shape index (κ2) is 10.7. The average molecular weight is 471 g/mol. The van der Waals surface area contributed by atoms with Crippen molar-refractivity contribution in [2.75, 3.05) is 13.2 Å². The van der Waals surface area contributed by atoms with Crippen molar-refractivity contribution < 1.29 is 24.2 Å². The number of Topliss-reactive ketones (excluding diaryl/α,β-unsaturated/α-hetero) is 1. The lowest BCUT2D eigenvalue weighted by Gasteiger charge is -2.25. The molecule has 1 aliphatic rings. The minimum Gasteiger partial charge on any atom is -0.507 e. The van der Waals surface area contributed by atoms with Crippen molar-refractivity contribution >= 4 is 17.4 Å². The third kappa shape index (κ3) is 5.09. The van der Waals surface area contributed by atoms with Gasteiger partial charge in [0.15, 0.2) is 0 Å². The summed E-state index contributed by atoms with van der Waals surface area (Å²) < 4.78 is 11.0. The number of rotatable bonds is 9. The molecule has 7 nitrogen and oxygen atoms in total. The molecule has 1 aromatic heterocycles. The topological polar surface area (TPSA) is 89.0 Å². The molecule has 7 heteroatoms. The van der Waals surface area contributed by atoms with Crippen molar-refractivity contribution in [1.29, 1.82) is 0 Å². The van der Waals surface area contributed by atoms with Crippen molar-refractivity contribution in [2.45, 2.75) is 19.5 Å².